The van der Waals surface area contributed by atoms with Gasteiger partial charge in [0.2, 0.25) is 10.0 Å². The summed E-state index contributed by atoms with van der Waals surface area (Å²) in [5, 5.41) is 3.32. The fourth-order valence-electron chi connectivity index (χ4n) is 2.16. The molecular weight excluding hydrogens is 352 g/mol. The van der Waals surface area contributed by atoms with Gasteiger partial charge in [0.1, 0.15) is 0 Å². The van der Waals surface area contributed by atoms with Crippen molar-refractivity contribution in [1.29, 1.82) is 0 Å². The van der Waals surface area contributed by atoms with Crippen LogP contribution in [0.25, 0.3) is 0 Å². The molecule has 0 aromatic heterocycles. The fourth-order valence-corrected chi connectivity index (χ4v) is 4.65. The fraction of sp³-hybridized carbons (Fsp3) is 0.467. The van der Waals surface area contributed by atoms with Gasteiger partial charge in [-0.1, -0.05) is 32.1 Å². The van der Waals surface area contributed by atoms with E-state index in [0.717, 1.165) is 18.5 Å². The van der Waals surface area contributed by atoms with E-state index in [-0.39, 0.29) is 0 Å². The molecule has 1 aromatic rings. The summed E-state index contributed by atoms with van der Waals surface area (Å²) in [5.74, 6) is 0. The highest BCUT2D eigenvalue weighted by atomic mass is 79.9. The molecule has 1 aromatic carbocycles. The number of hydrogen-bond donors (Lipinski definition) is 1. The van der Waals surface area contributed by atoms with Crippen LogP contribution in [-0.2, 0) is 16.6 Å². The molecule has 0 radical (unpaired) electrons. The number of rotatable bonds is 5. The smallest absolute Gasteiger partial charge is 0.244 e. The molecule has 21 heavy (non-hydrogen) atoms. The van der Waals surface area contributed by atoms with E-state index in [2.05, 4.69) is 35.1 Å². The Morgan fingerprint density at radius 1 is 1.33 bits per heavy atom. The second kappa shape index (κ2) is 7.05. The van der Waals surface area contributed by atoms with E-state index in [1.165, 1.54) is 4.31 Å². The monoisotopic (exact) mass is 372 g/mol. The summed E-state index contributed by atoms with van der Waals surface area (Å²) in [6, 6.07) is 5.83. The maximum atomic E-state index is 12.6. The van der Waals surface area contributed by atoms with Crippen molar-refractivity contribution in [3.05, 3.63) is 40.4 Å². The Labute approximate surface area is 135 Å². The number of nitrogens with one attached hydrogen (secondary N) is 1. The van der Waals surface area contributed by atoms with Gasteiger partial charge in [-0.3, -0.25) is 0 Å². The highest BCUT2D eigenvalue weighted by molar-refractivity contribution is 9.10. The van der Waals surface area contributed by atoms with Gasteiger partial charge in [0.15, 0.2) is 0 Å². The molecule has 0 aliphatic carbocycles. The van der Waals surface area contributed by atoms with Crippen LogP contribution in [0, 0.1) is 0 Å². The topological polar surface area (TPSA) is 49.4 Å². The van der Waals surface area contributed by atoms with Crippen molar-refractivity contribution in [3.63, 3.8) is 0 Å². The van der Waals surface area contributed by atoms with Crippen molar-refractivity contribution < 1.29 is 8.42 Å². The van der Waals surface area contributed by atoms with Gasteiger partial charge in [0.25, 0.3) is 0 Å². The van der Waals surface area contributed by atoms with Crippen LogP contribution < -0.4 is 5.32 Å². The summed E-state index contributed by atoms with van der Waals surface area (Å²) < 4.78 is 27.4. The zero-order chi connectivity index (χ0) is 15.5. The molecule has 2 rings (SSSR count). The average molecular weight is 373 g/mol. The molecule has 1 N–H and O–H groups in total. The van der Waals surface area contributed by atoms with E-state index in [1.54, 1.807) is 6.07 Å². The van der Waals surface area contributed by atoms with Crippen LogP contribution in [0.1, 0.15) is 25.8 Å². The van der Waals surface area contributed by atoms with Crippen molar-refractivity contribution in [2.45, 2.75) is 37.8 Å². The largest absolute Gasteiger partial charge is 0.310 e. The molecule has 6 heteroatoms. The predicted octanol–water partition coefficient (Wildman–Crippen LogP) is 2.90. The molecule has 0 atom stereocenters. The third-order valence-corrected chi connectivity index (χ3v) is 6.19. The maximum Gasteiger partial charge on any atom is 0.244 e. The highest BCUT2D eigenvalue weighted by Crippen LogP contribution is 2.27. The Morgan fingerprint density at radius 3 is 2.67 bits per heavy atom. The van der Waals surface area contributed by atoms with Gasteiger partial charge in [0.05, 0.1) is 4.90 Å². The molecule has 0 bridgehead atoms. The van der Waals surface area contributed by atoms with Crippen LogP contribution in [0.2, 0.25) is 0 Å². The first-order chi connectivity index (χ1) is 9.91. The Hall–Kier alpha value is -0.690. The van der Waals surface area contributed by atoms with Gasteiger partial charge < -0.3 is 5.32 Å². The first-order valence-corrected chi connectivity index (χ1v) is 9.31. The quantitative estimate of drug-likeness (QED) is 0.808. The summed E-state index contributed by atoms with van der Waals surface area (Å²) in [6.45, 7) is 5.88. The molecule has 0 saturated carbocycles. The highest BCUT2D eigenvalue weighted by Gasteiger charge is 2.26. The minimum Gasteiger partial charge on any atom is -0.310 e. The van der Waals surface area contributed by atoms with Crippen LogP contribution in [0.5, 0.6) is 0 Å². The zero-order valence-corrected chi connectivity index (χ0v) is 14.7. The van der Waals surface area contributed by atoms with Gasteiger partial charge in [-0.05, 0) is 40.0 Å². The van der Waals surface area contributed by atoms with Crippen LogP contribution in [-0.4, -0.2) is 31.9 Å². The van der Waals surface area contributed by atoms with Crippen LogP contribution in [0.4, 0.5) is 0 Å². The van der Waals surface area contributed by atoms with Crippen molar-refractivity contribution in [2.75, 3.05) is 13.1 Å². The van der Waals surface area contributed by atoms with E-state index in [9.17, 15) is 8.42 Å². The Kier molecular flexibility index (Phi) is 5.60. The van der Waals surface area contributed by atoms with E-state index >= 15 is 0 Å². The number of halogens is 1. The molecule has 1 heterocycles. The van der Waals surface area contributed by atoms with Crippen molar-refractivity contribution in [3.8, 4) is 0 Å². The molecule has 0 unspecified atom stereocenters. The maximum absolute atomic E-state index is 12.6. The molecule has 1 aliphatic heterocycles. The first-order valence-electron chi connectivity index (χ1n) is 7.08. The van der Waals surface area contributed by atoms with Crippen molar-refractivity contribution >= 4 is 26.0 Å². The Morgan fingerprint density at radius 2 is 2.10 bits per heavy atom. The van der Waals surface area contributed by atoms with Gasteiger partial charge in [0, 0.05) is 30.1 Å². The van der Waals surface area contributed by atoms with Gasteiger partial charge in [-0.25, -0.2) is 8.42 Å². The number of benzene rings is 1. The SMILES string of the molecule is CC(C)NCc1ccc(S(=O)(=O)N2CC=CCC2)c(Br)c1. The lowest BCUT2D eigenvalue weighted by atomic mass is 10.2. The molecule has 0 fully saturated rings. The van der Waals surface area contributed by atoms with E-state index in [4.69, 9.17) is 0 Å². The van der Waals surface area contributed by atoms with Crippen LogP contribution in [0.15, 0.2) is 39.7 Å². The normalized spacial score (nSPS) is 16.6. The summed E-state index contributed by atoms with van der Waals surface area (Å²) in [5.41, 5.74) is 1.06. The summed E-state index contributed by atoms with van der Waals surface area (Å²) >= 11 is 3.40. The first kappa shape index (κ1) is 16.7. The molecule has 1 aliphatic rings. The van der Waals surface area contributed by atoms with Crippen LogP contribution >= 0.6 is 15.9 Å². The molecule has 0 amide bonds. The van der Waals surface area contributed by atoms with E-state index < -0.39 is 10.0 Å². The molecule has 116 valence electrons. The molecule has 0 spiro atoms. The second-order valence-electron chi connectivity index (χ2n) is 5.42. The molecule has 4 nitrogen and oxygen atoms in total. The molecular formula is C15H21BrN2O2S. The van der Waals surface area contributed by atoms with Crippen LogP contribution in [0.3, 0.4) is 0 Å². The van der Waals surface area contributed by atoms with Gasteiger partial charge >= 0.3 is 0 Å². The Bertz CT molecular complexity index is 627. The third kappa shape index (κ3) is 4.16. The Balaban J connectivity index is 2.21. The summed E-state index contributed by atoms with van der Waals surface area (Å²) in [4.78, 5) is 0.339. The molecule has 0 saturated heterocycles. The van der Waals surface area contributed by atoms with Crippen molar-refractivity contribution in [1.82, 2.24) is 9.62 Å². The van der Waals surface area contributed by atoms with E-state index in [1.807, 2.05) is 24.3 Å². The number of sulfonamides is 1. The van der Waals surface area contributed by atoms with E-state index in [0.29, 0.717) is 28.5 Å². The lowest BCUT2D eigenvalue weighted by Gasteiger charge is -2.23. The minimum atomic E-state index is -3.43. The van der Waals surface area contributed by atoms with Gasteiger partial charge in [-0.2, -0.15) is 4.31 Å². The number of hydrogen-bond acceptors (Lipinski definition) is 3. The summed E-state index contributed by atoms with van der Waals surface area (Å²) in [7, 11) is -3.43. The van der Waals surface area contributed by atoms with Gasteiger partial charge in [-0.15, -0.1) is 0 Å². The lowest BCUT2D eigenvalue weighted by Crippen LogP contribution is -2.34. The minimum absolute atomic E-state index is 0.339. The lowest BCUT2D eigenvalue weighted by molar-refractivity contribution is 0.437. The zero-order valence-electron chi connectivity index (χ0n) is 12.3. The second-order valence-corrected chi connectivity index (χ2v) is 8.18. The summed E-state index contributed by atoms with van der Waals surface area (Å²) in [6.07, 6.45) is 4.69. The number of nitrogens with zero attached hydrogens (tertiary/aromatic N) is 1. The van der Waals surface area contributed by atoms with Crippen molar-refractivity contribution in [2.24, 2.45) is 0 Å². The standard InChI is InChI=1S/C15H21BrN2O2S/c1-12(2)17-11-13-6-7-15(14(16)10-13)21(19,20)18-8-4-3-5-9-18/h3-4,6-7,10,12,17H,5,8-9,11H2,1-2H3. The average Bonchev–Trinajstić information content (AvgIpc) is 2.46. The third-order valence-electron chi connectivity index (χ3n) is 3.35. The predicted molar refractivity (Wildman–Crippen MR) is 88.6 cm³/mol.